The fraction of sp³-hybridized carbons (Fsp3) is 0.769. The summed E-state index contributed by atoms with van der Waals surface area (Å²) >= 11 is 0. The van der Waals surface area contributed by atoms with Crippen LogP contribution in [0.25, 0.3) is 0 Å². The minimum Gasteiger partial charge on any atom is -0.444 e. The minimum atomic E-state index is -0.539. The van der Waals surface area contributed by atoms with Gasteiger partial charge in [0.05, 0.1) is 6.54 Å². The van der Waals surface area contributed by atoms with Gasteiger partial charge >= 0.3 is 6.09 Å². The summed E-state index contributed by atoms with van der Waals surface area (Å²) in [6, 6.07) is 0. The molecule has 0 saturated carbocycles. The van der Waals surface area contributed by atoms with Crippen molar-refractivity contribution in [1.29, 1.82) is 0 Å². The van der Waals surface area contributed by atoms with Crippen LogP contribution in [0.5, 0.6) is 0 Å². The van der Waals surface area contributed by atoms with Crippen LogP contribution in [-0.2, 0) is 14.4 Å². The maximum absolute atomic E-state index is 11.6. The van der Waals surface area contributed by atoms with Crippen molar-refractivity contribution in [3.63, 3.8) is 0 Å². The first-order valence-corrected chi connectivity index (χ1v) is 6.79. The summed E-state index contributed by atoms with van der Waals surface area (Å²) in [5, 5.41) is 9.06. The Morgan fingerprint density at radius 3 is 2.70 bits per heavy atom. The van der Waals surface area contributed by atoms with E-state index in [1.165, 1.54) is 0 Å². The Labute approximate surface area is 119 Å². The summed E-state index contributed by atoms with van der Waals surface area (Å²) in [7, 11) is 0. The molecule has 1 heterocycles. The number of carbonyl (C=O) groups is 2. The normalized spacial score (nSPS) is 18.0. The number of amides is 2. The number of carbonyl (C=O) groups excluding carboxylic acids is 2. The third-order valence-corrected chi connectivity index (χ3v) is 2.40. The number of rotatable bonds is 5. The predicted molar refractivity (Wildman–Crippen MR) is 74.5 cm³/mol. The molecule has 0 aromatic rings. The smallest absolute Gasteiger partial charge is 0.407 e. The van der Waals surface area contributed by atoms with Crippen molar-refractivity contribution in [2.24, 2.45) is 5.16 Å². The van der Waals surface area contributed by atoms with Gasteiger partial charge in [0, 0.05) is 13.0 Å². The summed E-state index contributed by atoms with van der Waals surface area (Å²) < 4.78 is 5.10. The highest BCUT2D eigenvalue weighted by atomic mass is 16.6. The lowest BCUT2D eigenvalue weighted by molar-refractivity contribution is -0.114. The zero-order chi connectivity index (χ0) is 15.2. The van der Waals surface area contributed by atoms with Gasteiger partial charge in [0.15, 0.2) is 6.10 Å². The molecule has 0 fully saturated rings. The second kappa shape index (κ2) is 7.12. The van der Waals surface area contributed by atoms with E-state index in [1.807, 2.05) is 6.92 Å². The second-order valence-corrected chi connectivity index (χ2v) is 5.61. The molecule has 1 rings (SSSR count). The van der Waals surface area contributed by atoms with Crippen molar-refractivity contribution in [2.75, 3.05) is 13.1 Å². The van der Waals surface area contributed by atoms with Gasteiger partial charge in [0.2, 0.25) is 0 Å². The molecule has 0 radical (unpaired) electrons. The summed E-state index contributed by atoms with van der Waals surface area (Å²) in [4.78, 5) is 28.2. The lowest BCUT2D eigenvalue weighted by atomic mass is 10.1. The number of nitrogens with one attached hydrogen (secondary N) is 2. The monoisotopic (exact) mass is 285 g/mol. The highest BCUT2D eigenvalue weighted by Gasteiger charge is 2.26. The standard InChI is InChI=1S/C13H23N3O4/c1-5-6-14-11(17)10-7-9(20-16-10)8-15-12(18)19-13(2,3)4/h9H,5-8H2,1-4H3,(H,14,17)(H,15,18)/t9-/m1/s1. The van der Waals surface area contributed by atoms with Crippen LogP contribution in [-0.4, -0.2) is 42.5 Å². The number of nitrogens with zero attached hydrogens (tertiary/aromatic N) is 1. The Balaban J connectivity index is 2.26. The van der Waals surface area contributed by atoms with E-state index >= 15 is 0 Å². The largest absolute Gasteiger partial charge is 0.444 e. The van der Waals surface area contributed by atoms with Crippen LogP contribution < -0.4 is 10.6 Å². The third kappa shape index (κ3) is 5.90. The molecule has 0 unspecified atom stereocenters. The summed E-state index contributed by atoms with van der Waals surface area (Å²) in [5.41, 5.74) is -0.183. The fourth-order valence-corrected chi connectivity index (χ4v) is 1.52. The molecule has 20 heavy (non-hydrogen) atoms. The van der Waals surface area contributed by atoms with Gasteiger partial charge in [-0.25, -0.2) is 4.79 Å². The number of hydrogen-bond acceptors (Lipinski definition) is 5. The van der Waals surface area contributed by atoms with Gasteiger partial charge in [0.1, 0.15) is 11.3 Å². The van der Waals surface area contributed by atoms with Crippen molar-refractivity contribution in [1.82, 2.24) is 10.6 Å². The van der Waals surface area contributed by atoms with E-state index in [1.54, 1.807) is 20.8 Å². The molecule has 0 spiro atoms. The Hall–Kier alpha value is -1.79. The number of alkyl carbamates (subject to hydrolysis) is 1. The Morgan fingerprint density at radius 1 is 1.40 bits per heavy atom. The number of oxime groups is 1. The van der Waals surface area contributed by atoms with Gasteiger partial charge in [-0.15, -0.1) is 0 Å². The van der Waals surface area contributed by atoms with Gasteiger partial charge in [-0.2, -0.15) is 0 Å². The van der Waals surface area contributed by atoms with E-state index in [2.05, 4.69) is 15.8 Å². The van der Waals surface area contributed by atoms with Gasteiger partial charge in [0.25, 0.3) is 5.91 Å². The summed E-state index contributed by atoms with van der Waals surface area (Å²) in [5.74, 6) is -0.216. The van der Waals surface area contributed by atoms with Crippen LogP contribution in [0.1, 0.15) is 40.5 Å². The van der Waals surface area contributed by atoms with E-state index in [0.29, 0.717) is 18.7 Å². The lowest BCUT2D eigenvalue weighted by Crippen LogP contribution is -2.37. The molecule has 0 aromatic carbocycles. The average Bonchev–Trinajstić information content (AvgIpc) is 2.80. The van der Waals surface area contributed by atoms with Crippen molar-refractivity contribution < 1.29 is 19.2 Å². The second-order valence-electron chi connectivity index (χ2n) is 5.61. The molecular weight excluding hydrogens is 262 g/mol. The van der Waals surface area contributed by atoms with Crippen molar-refractivity contribution >= 4 is 17.7 Å². The number of ether oxygens (including phenoxy) is 1. The number of hydrogen-bond donors (Lipinski definition) is 2. The average molecular weight is 285 g/mol. The van der Waals surface area contributed by atoms with Crippen LogP contribution in [0.4, 0.5) is 4.79 Å². The molecule has 7 heteroatoms. The molecule has 1 atom stereocenters. The SMILES string of the molecule is CCCNC(=O)C1=NO[C@@H](CNC(=O)OC(C)(C)C)C1. The Morgan fingerprint density at radius 2 is 2.10 bits per heavy atom. The van der Waals surface area contributed by atoms with E-state index in [0.717, 1.165) is 6.42 Å². The van der Waals surface area contributed by atoms with Gasteiger partial charge in [-0.05, 0) is 27.2 Å². The van der Waals surface area contributed by atoms with Crippen LogP contribution in [0, 0.1) is 0 Å². The maximum Gasteiger partial charge on any atom is 0.407 e. The van der Waals surface area contributed by atoms with Crippen LogP contribution in [0.3, 0.4) is 0 Å². The molecule has 0 bridgehead atoms. The van der Waals surface area contributed by atoms with E-state index in [4.69, 9.17) is 9.57 Å². The first-order valence-electron chi connectivity index (χ1n) is 6.79. The molecular formula is C13H23N3O4. The maximum atomic E-state index is 11.6. The Bertz CT molecular complexity index is 388. The molecule has 0 aromatic heterocycles. The molecule has 0 saturated heterocycles. The molecule has 1 aliphatic rings. The molecule has 7 nitrogen and oxygen atoms in total. The zero-order valence-corrected chi connectivity index (χ0v) is 12.5. The molecule has 0 aliphatic carbocycles. The van der Waals surface area contributed by atoms with E-state index < -0.39 is 11.7 Å². The van der Waals surface area contributed by atoms with Crippen molar-refractivity contribution in [3.8, 4) is 0 Å². The highest BCUT2D eigenvalue weighted by molar-refractivity contribution is 6.39. The third-order valence-electron chi connectivity index (χ3n) is 2.40. The van der Waals surface area contributed by atoms with Gasteiger partial charge < -0.3 is 20.2 Å². The first kappa shape index (κ1) is 16.3. The minimum absolute atomic E-state index is 0.216. The molecule has 114 valence electrons. The molecule has 2 N–H and O–H groups in total. The summed E-state index contributed by atoms with van der Waals surface area (Å²) in [6.45, 7) is 8.20. The fourth-order valence-electron chi connectivity index (χ4n) is 1.52. The van der Waals surface area contributed by atoms with Crippen molar-refractivity contribution in [2.45, 2.75) is 52.2 Å². The van der Waals surface area contributed by atoms with E-state index in [9.17, 15) is 9.59 Å². The predicted octanol–water partition coefficient (Wildman–Crippen LogP) is 1.18. The molecule has 2 amide bonds. The van der Waals surface area contributed by atoms with Gasteiger partial charge in [-0.3, -0.25) is 4.79 Å². The topological polar surface area (TPSA) is 89.0 Å². The quantitative estimate of drug-likeness (QED) is 0.794. The Kier molecular flexibility index (Phi) is 5.79. The summed E-state index contributed by atoms with van der Waals surface area (Å²) in [6.07, 6.45) is 0.407. The zero-order valence-electron chi connectivity index (χ0n) is 12.5. The van der Waals surface area contributed by atoms with Crippen LogP contribution in [0.15, 0.2) is 5.16 Å². The first-order chi connectivity index (χ1) is 9.31. The van der Waals surface area contributed by atoms with Gasteiger partial charge in [-0.1, -0.05) is 12.1 Å². The van der Waals surface area contributed by atoms with E-state index in [-0.39, 0.29) is 18.6 Å². The molecule has 1 aliphatic heterocycles. The van der Waals surface area contributed by atoms with Crippen LogP contribution >= 0.6 is 0 Å². The van der Waals surface area contributed by atoms with Crippen molar-refractivity contribution in [3.05, 3.63) is 0 Å². The lowest BCUT2D eigenvalue weighted by Gasteiger charge is -2.20. The highest BCUT2D eigenvalue weighted by Crippen LogP contribution is 2.11. The van der Waals surface area contributed by atoms with Crippen LogP contribution in [0.2, 0.25) is 0 Å².